The Morgan fingerprint density at radius 1 is 1.31 bits per heavy atom. The summed E-state index contributed by atoms with van der Waals surface area (Å²) in [5.74, 6) is 0.222. The monoisotopic (exact) mass is 413 g/mol. The lowest BCUT2D eigenvalue weighted by Gasteiger charge is -2.26. The molecule has 0 aliphatic rings. The number of anilines is 1. The molecule has 29 heavy (non-hydrogen) atoms. The molecule has 0 fully saturated rings. The van der Waals surface area contributed by atoms with Crippen LogP contribution in [0.25, 0.3) is 11.3 Å². The van der Waals surface area contributed by atoms with Gasteiger partial charge in [0.15, 0.2) is 0 Å². The standard InChI is InChI=1S/C21H24ClN5O2/c1-13(2)25-21-24-11-16(22)19(26-21)15-9-17(23-10-15)20(29)27(3)18(12-28)14-7-5-4-6-8-14/h4-11,13,18,23,28H,12H2,1-3H3,(H,24,25,26)/t18-/m1/s1. The molecule has 0 aliphatic heterocycles. The van der Waals surface area contributed by atoms with Gasteiger partial charge in [-0.3, -0.25) is 4.79 Å². The van der Waals surface area contributed by atoms with E-state index in [1.807, 2.05) is 44.2 Å². The largest absolute Gasteiger partial charge is 0.394 e. The van der Waals surface area contributed by atoms with E-state index in [9.17, 15) is 9.90 Å². The second-order valence-corrected chi connectivity index (χ2v) is 7.42. The normalized spacial score (nSPS) is 12.1. The van der Waals surface area contributed by atoms with Crippen LogP contribution >= 0.6 is 11.6 Å². The highest BCUT2D eigenvalue weighted by molar-refractivity contribution is 6.32. The molecule has 1 atom stereocenters. The van der Waals surface area contributed by atoms with Crippen molar-refractivity contribution in [1.82, 2.24) is 19.9 Å². The second kappa shape index (κ2) is 9.07. The van der Waals surface area contributed by atoms with Gasteiger partial charge in [0.05, 0.1) is 29.6 Å². The fraction of sp³-hybridized carbons (Fsp3) is 0.286. The van der Waals surface area contributed by atoms with Crippen LogP contribution in [0, 0.1) is 0 Å². The maximum absolute atomic E-state index is 13.0. The summed E-state index contributed by atoms with van der Waals surface area (Å²) in [4.78, 5) is 26.1. The van der Waals surface area contributed by atoms with E-state index in [1.54, 1.807) is 19.3 Å². The molecule has 152 valence electrons. The molecule has 1 aromatic carbocycles. The molecule has 0 radical (unpaired) electrons. The van der Waals surface area contributed by atoms with Crippen LogP contribution in [0.5, 0.6) is 0 Å². The van der Waals surface area contributed by atoms with Crippen LogP contribution in [0.3, 0.4) is 0 Å². The average Bonchev–Trinajstić information content (AvgIpc) is 3.19. The van der Waals surface area contributed by atoms with Gasteiger partial charge in [-0.2, -0.15) is 0 Å². The first-order chi connectivity index (χ1) is 13.9. The highest BCUT2D eigenvalue weighted by atomic mass is 35.5. The topological polar surface area (TPSA) is 94.1 Å². The molecule has 0 aliphatic carbocycles. The maximum atomic E-state index is 13.0. The Labute approximate surface area is 174 Å². The number of hydrogen-bond donors (Lipinski definition) is 3. The number of carbonyl (C=O) groups excluding carboxylic acids is 1. The minimum Gasteiger partial charge on any atom is -0.394 e. The van der Waals surface area contributed by atoms with Gasteiger partial charge in [-0.15, -0.1) is 0 Å². The van der Waals surface area contributed by atoms with Crippen LogP contribution in [0.2, 0.25) is 5.02 Å². The Morgan fingerprint density at radius 3 is 2.69 bits per heavy atom. The molecule has 1 amide bonds. The molecule has 3 N–H and O–H groups in total. The predicted octanol–water partition coefficient (Wildman–Crippen LogP) is 3.75. The minimum absolute atomic E-state index is 0.175. The fourth-order valence-corrected chi connectivity index (χ4v) is 3.21. The molecular formula is C21H24ClN5O2. The van der Waals surface area contributed by atoms with Crippen LogP contribution in [-0.4, -0.2) is 50.6 Å². The third kappa shape index (κ3) is 4.75. The molecule has 0 bridgehead atoms. The lowest BCUT2D eigenvalue weighted by molar-refractivity contribution is 0.0653. The number of likely N-dealkylation sites (N-methyl/N-ethyl adjacent to an activating group) is 1. The number of aromatic nitrogens is 3. The van der Waals surface area contributed by atoms with Crippen molar-refractivity contribution in [3.05, 3.63) is 65.1 Å². The van der Waals surface area contributed by atoms with Crippen molar-refractivity contribution < 1.29 is 9.90 Å². The van der Waals surface area contributed by atoms with Crippen LogP contribution in [0.1, 0.15) is 35.9 Å². The number of aliphatic hydroxyl groups excluding tert-OH is 1. The summed E-state index contributed by atoms with van der Waals surface area (Å²) in [6, 6.07) is 10.8. The number of carbonyl (C=O) groups is 1. The SMILES string of the molecule is CC(C)Nc1ncc(Cl)c(-c2c[nH]c(C(=O)N(C)[C@H](CO)c3ccccc3)c2)n1. The summed E-state index contributed by atoms with van der Waals surface area (Å²) in [7, 11) is 1.67. The van der Waals surface area contributed by atoms with E-state index >= 15 is 0 Å². The molecule has 0 saturated carbocycles. The molecular weight excluding hydrogens is 390 g/mol. The van der Waals surface area contributed by atoms with Crippen molar-refractivity contribution in [1.29, 1.82) is 0 Å². The van der Waals surface area contributed by atoms with Gasteiger partial charge in [-0.1, -0.05) is 41.9 Å². The van der Waals surface area contributed by atoms with Crippen LogP contribution in [-0.2, 0) is 0 Å². The first kappa shape index (κ1) is 20.8. The molecule has 7 nitrogen and oxygen atoms in total. The van der Waals surface area contributed by atoms with Crippen molar-refractivity contribution in [3.8, 4) is 11.3 Å². The second-order valence-electron chi connectivity index (χ2n) is 7.02. The minimum atomic E-state index is -0.445. The number of amides is 1. The van der Waals surface area contributed by atoms with E-state index in [0.717, 1.165) is 5.56 Å². The Hall–Kier alpha value is -2.90. The van der Waals surface area contributed by atoms with E-state index in [-0.39, 0.29) is 18.6 Å². The van der Waals surface area contributed by atoms with Crippen molar-refractivity contribution in [3.63, 3.8) is 0 Å². The molecule has 0 spiro atoms. The first-order valence-electron chi connectivity index (χ1n) is 9.31. The summed E-state index contributed by atoms with van der Waals surface area (Å²) in [5, 5.41) is 13.4. The number of H-pyrrole nitrogens is 1. The molecule has 3 aromatic rings. The van der Waals surface area contributed by atoms with Gasteiger partial charge in [-0.05, 0) is 25.5 Å². The molecule has 0 saturated heterocycles. The maximum Gasteiger partial charge on any atom is 0.270 e. The molecule has 2 heterocycles. The van der Waals surface area contributed by atoms with Gasteiger partial charge < -0.3 is 20.3 Å². The van der Waals surface area contributed by atoms with Gasteiger partial charge in [0.25, 0.3) is 5.91 Å². The molecule has 0 unspecified atom stereocenters. The Kier molecular flexibility index (Phi) is 6.51. The Morgan fingerprint density at radius 2 is 2.03 bits per heavy atom. The molecule has 3 rings (SSSR count). The zero-order chi connectivity index (χ0) is 21.0. The van der Waals surface area contributed by atoms with Gasteiger partial charge in [0.2, 0.25) is 5.95 Å². The number of aromatic amines is 1. The van der Waals surface area contributed by atoms with Gasteiger partial charge in [0, 0.05) is 24.8 Å². The summed E-state index contributed by atoms with van der Waals surface area (Å²) < 4.78 is 0. The van der Waals surface area contributed by atoms with E-state index in [1.165, 1.54) is 11.1 Å². The van der Waals surface area contributed by atoms with Crippen molar-refractivity contribution >= 4 is 23.5 Å². The number of halogens is 1. The highest BCUT2D eigenvalue weighted by Crippen LogP contribution is 2.28. The Bertz CT molecular complexity index is 974. The number of nitrogens with zero attached hydrogens (tertiary/aromatic N) is 3. The quantitative estimate of drug-likeness (QED) is 0.548. The summed E-state index contributed by atoms with van der Waals surface area (Å²) in [5.41, 5.74) is 2.46. The van der Waals surface area contributed by atoms with Crippen LogP contribution < -0.4 is 5.32 Å². The number of nitrogens with one attached hydrogen (secondary N) is 2. The lowest BCUT2D eigenvalue weighted by Crippen LogP contribution is -2.33. The number of rotatable bonds is 7. The van der Waals surface area contributed by atoms with E-state index in [0.29, 0.717) is 27.9 Å². The third-order valence-electron chi connectivity index (χ3n) is 4.49. The van der Waals surface area contributed by atoms with Gasteiger partial charge >= 0.3 is 0 Å². The van der Waals surface area contributed by atoms with Crippen LogP contribution in [0.4, 0.5) is 5.95 Å². The summed E-state index contributed by atoms with van der Waals surface area (Å²) in [6.07, 6.45) is 3.22. The summed E-state index contributed by atoms with van der Waals surface area (Å²) >= 11 is 6.28. The van der Waals surface area contributed by atoms with Crippen molar-refractivity contribution in [2.24, 2.45) is 0 Å². The van der Waals surface area contributed by atoms with Crippen LogP contribution in [0.15, 0.2) is 48.8 Å². The molecule has 2 aromatic heterocycles. The number of benzene rings is 1. The van der Waals surface area contributed by atoms with Gasteiger partial charge in [0.1, 0.15) is 5.69 Å². The number of aliphatic hydroxyl groups is 1. The summed E-state index contributed by atoms with van der Waals surface area (Å²) in [6.45, 7) is 3.80. The van der Waals surface area contributed by atoms with E-state index in [4.69, 9.17) is 11.6 Å². The zero-order valence-electron chi connectivity index (χ0n) is 16.6. The van der Waals surface area contributed by atoms with E-state index in [2.05, 4.69) is 20.3 Å². The number of hydrogen-bond acceptors (Lipinski definition) is 5. The average molecular weight is 414 g/mol. The fourth-order valence-electron chi connectivity index (χ4n) is 3.01. The van der Waals surface area contributed by atoms with Crippen molar-refractivity contribution in [2.45, 2.75) is 25.9 Å². The van der Waals surface area contributed by atoms with E-state index < -0.39 is 6.04 Å². The smallest absolute Gasteiger partial charge is 0.270 e. The predicted molar refractivity (Wildman–Crippen MR) is 114 cm³/mol. The van der Waals surface area contributed by atoms with Crippen molar-refractivity contribution in [2.75, 3.05) is 19.0 Å². The zero-order valence-corrected chi connectivity index (χ0v) is 17.3. The lowest BCUT2D eigenvalue weighted by atomic mass is 10.1. The highest BCUT2D eigenvalue weighted by Gasteiger charge is 2.23. The Balaban J connectivity index is 1.85. The first-order valence-corrected chi connectivity index (χ1v) is 9.69. The third-order valence-corrected chi connectivity index (χ3v) is 4.77. The molecule has 8 heteroatoms. The van der Waals surface area contributed by atoms with Gasteiger partial charge in [-0.25, -0.2) is 9.97 Å².